The lowest BCUT2D eigenvalue weighted by Gasteiger charge is -2.17. The SMILES string of the molecule is Cc1ccnc(N2C[C@@H](C)[C@H](C(N)=O)C2)c1. The molecule has 2 heterocycles. The molecule has 0 unspecified atom stereocenters. The molecule has 1 aromatic heterocycles. The number of nitrogens with zero attached hydrogens (tertiary/aromatic N) is 2. The molecule has 1 aromatic rings. The third-order valence-corrected chi connectivity index (χ3v) is 3.20. The van der Waals surface area contributed by atoms with E-state index in [2.05, 4.69) is 16.8 Å². The molecule has 1 aliphatic rings. The summed E-state index contributed by atoms with van der Waals surface area (Å²) in [6.45, 7) is 5.64. The predicted octanol–water partition coefficient (Wildman–Crippen LogP) is 0.948. The number of pyridine rings is 1. The second-order valence-electron chi connectivity index (χ2n) is 4.58. The maximum atomic E-state index is 11.2. The van der Waals surface area contributed by atoms with Crippen molar-refractivity contribution < 1.29 is 4.79 Å². The van der Waals surface area contributed by atoms with Gasteiger partial charge in [-0.15, -0.1) is 0 Å². The number of amides is 1. The van der Waals surface area contributed by atoms with Gasteiger partial charge in [0.15, 0.2) is 0 Å². The van der Waals surface area contributed by atoms with Gasteiger partial charge in [0.2, 0.25) is 5.91 Å². The molecule has 0 aliphatic carbocycles. The van der Waals surface area contributed by atoms with Crippen molar-refractivity contribution in [3.63, 3.8) is 0 Å². The van der Waals surface area contributed by atoms with Gasteiger partial charge in [0.1, 0.15) is 5.82 Å². The molecule has 1 saturated heterocycles. The van der Waals surface area contributed by atoms with Crippen LogP contribution in [-0.2, 0) is 4.79 Å². The molecule has 86 valence electrons. The Morgan fingerprint density at radius 2 is 2.31 bits per heavy atom. The molecule has 1 fully saturated rings. The Hall–Kier alpha value is -1.58. The van der Waals surface area contributed by atoms with Crippen LogP contribution in [0.25, 0.3) is 0 Å². The van der Waals surface area contributed by atoms with Crippen LogP contribution in [0.1, 0.15) is 12.5 Å². The molecular weight excluding hydrogens is 202 g/mol. The number of hydrogen-bond acceptors (Lipinski definition) is 3. The summed E-state index contributed by atoms with van der Waals surface area (Å²) in [5, 5.41) is 0. The molecule has 4 nitrogen and oxygen atoms in total. The summed E-state index contributed by atoms with van der Waals surface area (Å²) in [5.74, 6) is 0.986. The Balaban J connectivity index is 2.16. The lowest BCUT2D eigenvalue weighted by atomic mass is 9.98. The summed E-state index contributed by atoms with van der Waals surface area (Å²) < 4.78 is 0. The topological polar surface area (TPSA) is 59.2 Å². The average molecular weight is 219 g/mol. The molecule has 0 aromatic carbocycles. The van der Waals surface area contributed by atoms with Gasteiger partial charge in [-0.25, -0.2) is 4.98 Å². The number of hydrogen-bond donors (Lipinski definition) is 1. The first-order valence-corrected chi connectivity index (χ1v) is 5.55. The monoisotopic (exact) mass is 219 g/mol. The summed E-state index contributed by atoms with van der Waals surface area (Å²) in [5.41, 5.74) is 6.55. The molecule has 0 spiro atoms. The van der Waals surface area contributed by atoms with Gasteiger partial charge in [-0.3, -0.25) is 4.79 Å². The smallest absolute Gasteiger partial charge is 0.222 e. The van der Waals surface area contributed by atoms with E-state index in [1.165, 1.54) is 5.56 Å². The second kappa shape index (κ2) is 4.12. The molecular formula is C12H17N3O. The number of rotatable bonds is 2. The van der Waals surface area contributed by atoms with Crippen LogP contribution in [0.3, 0.4) is 0 Å². The summed E-state index contributed by atoms with van der Waals surface area (Å²) in [6, 6.07) is 4.00. The molecule has 2 atom stereocenters. The van der Waals surface area contributed by atoms with Crippen LogP contribution in [0.2, 0.25) is 0 Å². The Morgan fingerprint density at radius 3 is 2.88 bits per heavy atom. The van der Waals surface area contributed by atoms with Gasteiger partial charge >= 0.3 is 0 Å². The van der Waals surface area contributed by atoms with Gasteiger partial charge in [0, 0.05) is 19.3 Å². The van der Waals surface area contributed by atoms with Gasteiger partial charge in [0.05, 0.1) is 5.92 Å². The highest BCUT2D eigenvalue weighted by molar-refractivity contribution is 5.78. The molecule has 16 heavy (non-hydrogen) atoms. The molecule has 2 N–H and O–H groups in total. The van der Waals surface area contributed by atoms with E-state index in [0.29, 0.717) is 12.5 Å². The standard InChI is InChI=1S/C12H17N3O/c1-8-3-4-14-11(5-8)15-6-9(2)10(7-15)12(13)16/h3-5,9-10H,6-7H2,1-2H3,(H2,13,16)/t9-,10-/m1/s1. The maximum Gasteiger partial charge on any atom is 0.222 e. The third kappa shape index (κ3) is 2.01. The van der Waals surface area contributed by atoms with Crippen molar-refractivity contribution in [2.75, 3.05) is 18.0 Å². The number of aromatic nitrogens is 1. The summed E-state index contributed by atoms with van der Waals surface area (Å²) >= 11 is 0. The zero-order valence-electron chi connectivity index (χ0n) is 9.68. The third-order valence-electron chi connectivity index (χ3n) is 3.20. The van der Waals surface area contributed by atoms with E-state index in [0.717, 1.165) is 12.4 Å². The first-order valence-electron chi connectivity index (χ1n) is 5.55. The van der Waals surface area contributed by atoms with Crippen LogP contribution < -0.4 is 10.6 Å². The van der Waals surface area contributed by atoms with Crippen LogP contribution in [0, 0.1) is 18.8 Å². The van der Waals surface area contributed by atoms with Gasteiger partial charge in [-0.05, 0) is 30.5 Å². The number of anilines is 1. The Kier molecular flexibility index (Phi) is 2.81. The minimum absolute atomic E-state index is 0.0534. The first-order chi connectivity index (χ1) is 7.58. The normalized spacial score (nSPS) is 24.8. The van der Waals surface area contributed by atoms with Crippen LogP contribution in [0.15, 0.2) is 18.3 Å². The molecule has 1 amide bonds. The van der Waals surface area contributed by atoms with Crippen LogP contribution >= 0.6 is 0 Å². The summed E-state index contributed by atoms with van der Waals surface area (Å²) in [7, 11) is 0. The lowest BCUT2D eigenvalue weighted by Crippen LogP contribution is -2.29. The van der Waals surface area contributed by atoms with Gasteiger partial charge in [-0.1, -0.05) is 6.92 Å². The quantitative estimate of drug-likeness (QED) is 0.805. The highest BCUT2D eigenvalue weighted by Gasteiger charge is 2.33. The molecule has 2 rings (SSSR count). The van der Waals surface area contributed by atoms with Crippen molar-refractivity contribution in [2.24, 2.45) is 17.6 Å². The van der Waals surface area contributed by atoms with E-state index >= 15 is 0 Å². The maximum absolute atomic E-state index is 11.2. The molecule has 0 bridgehead atoms. The van der Waals surface area contributed by atoms with Crippen molar-refractivity contribution in [3.8, 4) is 0 Å². The minimum atomic E-state index is -0.206. The average Bonchev–Trinajstić information content (AvgIpc) is 2.60. The Bertz CT molecular complexity index is 405. The van der Waals surface area contributed by atoms with E-state index in [1.54, 1.807) is 6.20 Å². The number of nitrogens with two attached hydrogens (primary N) is 1. The van der Waals surface area contributed by atoms with Crippen molar-refractivity contribution in [2.45, 2.75) is 13.8 Å². The van der Waals surface area contributed by atoms with E-state index in [4.69, 9.17) is 5.73 Å². The first kappa shape index (κ1) is 10.9. The summed E-state index contributed by atoms with van der Waals surface area (Å²) in [4.78, 5) is 17.7. The molecule has 0 saturated carbocycles. The number of carbonyl (C=O) groups excluding carboxylic acids is 1. The second-order valence-corrected chi connectivity index (χ2v) is 4.58. The fourth-order valence-corrected chi connectivity index (χ4v) is 2.22. The van der Waals surface area contributed by atoms with Crippen molar-refractivity contribution in [1.29, 1.82) is 0 Å². The fourth-order valence-electron chi connectivity index (χ4n) is 2.22. The summed E-state index contributed by atoms with van der Waals surface area (Å²) in [6.07, 6.45) is 1.80. The van der Waals surface area contributed by atoms with E-state index in [-0.39, 0.29) is 11.8 Å². The van der Waals surface area contributed by atoms with Crippen molar-refractivity contribution in [1.82, 2.24) is 4.98 Å². The number of carbonyl (C=O) groups is 1. The van der Waals surface area contributed by atoms with Crippen LogP contribution in [-0.4, -0.2) is 24.0 Å². The van der Waals surface area contributed by atoms with E-state index in [1.807, 2.05) is 19.1 Å². The lowest BCUT2D eigenvalue weighted by molar-refractivity contribution is -0.122. The van der Waals surface area contributed by atoms with Gasteiger partial charge in [-0.2, -0.15) is 0 Å². The zero-order valence-corrected chi connectivity index (χ0v) is 9.68. The zero-order chi connectivity index (χ0) is 11.7. The van der Waals surface area contributed by atoms with Crippen LogP contribution in [0.5, 0.6) is 0 Å². The van der Waals surface area contributed by atoms with Gasteiger partial charge in [0.25, 0.3) is 0 Å². The molecule has 4 heteroatoms. The van der Waals surface area contributed by atoms with Crippen LogP contribution in [0.4, 0.5) is 5.82 Å². The highest BCUT2D eigenvalue weighted by atomic mass is 16.1. The number of primary amides is 1. The molecule has 0 radical (unpaired) electrons. The van der Waals surface area contributed by atoms with E-state index in [9.17, 15) is 4.79 Å². The van der Waals surface area contributed by atoms with Gasteiger partial charge < -0.3 is 10.6 Å². The minimum Gasteiger partial charge on any atom is -0.369 e. The Labute approximate surface area is 95.5 Å². The fraction of sp³-hybridized carbons (Fsp3) is 0.500. The predicted molar refractivity (Wildman–Crippen MR) is 63.0 cm³/mol. The molecule has 1 aliphatic heterocycles. The van der Waals surface area contributed by atoms with Crippen molar-refractivity contribution in [3.05, 3.63) is 23.9 Å². The highest BCUT2D eigenvalue weighted by Crippen LogP contribution is 2.26. The van der Waals surface area contributed by atoms with Crippen molar-refractivity contribution >= 4 is 11.7 Å². The largest absolute Gasteiger partial charge is 0.369 e. The van der Waals surface area contributed by atoms with E-state index < -0.39 is 0 Å². The number of aryl methyl sites for hydroxylation is 1. The Morgan fingerprint density at radius 1 is 1.56 bits per heavy atom.